The Hall–Kier alpha value is -1.30. The van der Waals surface area contributed by atoms with Crippen molar-refractivity contribution in [2.24, 2.45) is 5.84 Å². The average molecular weight is 309 g/mol. The van der Waals surface area contributed by atoms with E-state index in [2.05, 4.69) is 15.4 Å². The molecule has 1 rings (SSSR count). The number of nitrogens with two attached hydrogens (primary N) is 1. The smallest absolute Gasteiger partial charge is 0.245 e. The molecule has 0 radical (unpaired) electrons. The molecule has 0 aromatic carbocycles. The second kappa shape index (κ2) is 5.77. The fraction of sp³-hybridized carbons (Fsp3) is 0.500. The summed E-state index contributed by atoms with van der Waals surface area (Å²) in [5.41, 5.74) is 2.17. The Balaban J connectivity index is 2.90. The van der Waals surface area contributed by atoms with Crippen LogP contribution >= 0.6 is 0 Å². The van der Waals surface area contributed by atoms with Crippen molar-refractivity contribution in [3.05, 3.63) is 12.4 Å². The summed E-state index contributed by atoms with van der Waals surface area (Å²) in [6.45, 7) is -0.141. The molecular weight excluding hydrogens is 294 g/mol. The van der Waals surface area contributed by atoms with Gasteiger partial charge in [-0.25, -0.2) is 32.6 Å². The summed E-state index contributed by atoms with van der Waals surface area (Å²) in [5.74, 6) is 4.89. The molecule has 0 aliphatic carbocycles. The zero-order valence-corrected chi connectivity index (χ0v) is 12.1. The number of hydrogen-bond acceptors (Lipinski definition) is 8. The second-order valence-electron chi connectivity index (χ2n) is 3.84. The third-order valence-corrected chi connectivity index (χ3v) is 4.98. The number of nitrogen functional groups attached to an aromatic ring is 1. The van der Waals surface area contributed by atoms with Crippen LogP contribution in [0.25, 0.3) is 0 Å². The molecule has 0 saturated heterocycles. The number of rotatable bonds is 6. The molecule has 9 nitrogen and oxygen atoms in total. The van der Waals surface area contributed by atoms with Crippen LogP contribution in [0.3, 0.4) is 0 Å². The molecule has 3 N–H and O–H groups in total. The predicted molar refractivity (Wildman–Crippen MR) is 69.4 cm³/mol. The minimum atomic E-state index is -3.81. The average Bonchev–Trinajstić information content (AvgIpc) is 2.35. The molecule has 1 aromatic heterocycles. The fourth-order valence-electron chi connectivity index (χ4n) is 1.12. The van der Waals surface area contributed by atoms with E-state index < -0.39 is 19.9 Å². The van der Waals surface area contributed by atoms with Gasteiger partial charge in [0.1, 0.15) is 14.7 Å². The van der Waals surface area contributed by atoms with Crippen molar-refractivity contribution in [2.45, 2.75) is 4.90 Å². The van der Waals surface area contributed by atoms with Crippen LogP contribution in [-0.4, -0.2) is 56.7 Å². The van der Waals surface area contributed by atoms with Gasteiger partial charge < -0.3 is 0 Å². The van der Waals surface area contributed by atoms with Crippen molar-refractivity contribution in [3.8, 4) is 0 Å². The molecular formula is C8H15N5O4S2. The topological polar surface area (TPSA) is 135 Å². The maximum Gasteiger partial charge on any atom is 0.245 e. The van der Waals surface area contributed by atoms with Crippen molar-refractivity contribution in [3.63, 3.8) is 0 Å². The Morgan fingerprint density at radius 1 is 1.26 bits per heavy atom. The molecule has 0 fully saturated rings. The lowest BCUT2D eigenvalue weighted by Crippen LogP contribution is -2.31. The standard InChI is InChI=1S/C8H15N5O4S2/c1-13(3-4-18(2,14)15)19(16,17)7-5-10-8(12-9)11-6-7/h5-6H,3-4,9H2,1-2H3,(H,10,11,12). The summed E-state index contributed by atoms with van der Waals surface area (Å²) in [6.07, 6.45) is 3.22. The molecule has 0 aliphatic heterocycles. The van der Waals surface area contributed by atoms with Gasteiger partial charge in [0.05, 0.1) is 18.1 Å². The third kappa shape index (κ3) is 4.38. The molecule has 0 spiro atoms. The first-order valence-electron chi connectivity index (χ1n) is 5.09. The van der Waals surface area contributed by atoms with Gasteiger partial charge in [-0.2, -0.15) is 4.31 Å². The monoisotopic (exact) mass is 309 g/mol. The summed E-state index contributed by atoms with van der Waals surface area (Å²) < 4.78 is 47.1. The molecule has 0 aliphatic rings. The Labute approximate surface area is 111 Å². The lowest BCUT2D eigenvalue weighted by atomic mass is 10.7. The molecule has 1 heterocycles. The highest BCUT2D eigenvalue weighted by atomic mass is 32.2. The highest BCUT2D eigenvalue weighted by Gasteiger charge is 2.22. The largest absolute Gasteiger partial charge is 0.292 e. The van der Waals surface area contributed by atoms with Crippen LogP contribution in [0, 0.1) is 0 Å². The van der Waals surface area contributed by atoms with Crippen LogP contribution in [0.1, 0.15) is 0 Å². The van der Waals surface area contributed by atoms with Crippen LogP contribution in [0.2, 0.25) is 0 Å². The van der Waals surface area contributed by atoms with Gasteiger partial charge in [-0.1, -0.05) is 0 Å². The van der Waals surface area contributed by atoms with E-state index in [0.717, 1.165) is 23.0 Å². The highest BCUT2D eigenvalue weighted by molar-refractivity contribution is 7.91. The van der Waals surface area contributed by atoms with Crippen molar-refractivity contribution in [2.75, 3.05) is 31.0 Å². The van der Waals surface area contributed by atoms with E-state index in [0.29, 0.717) is 0 Å². The van der Waals surface area contributed by atoms with Crippen LogP contribution < -0.4 is 11.3 Å². The second-order valence-corrected chi connectivity index (χ2v) is 8.15. The first-order valence-corrected chi connectivity index (χ1v) is 8.59. The fourth-order valence-corrected chi connectivity index (χ4v) is 2.90. The number of nitrogens with zero attached hydrogens (tertiary/aromatic N) is 3. The minimum absolute atomic E-state index is 0.0812. The van der Waals surface area contributed by atoms with Gasteiger partial charge in [-0.05, 0) is 0 Å². The van der Waals surface area contributed by atoms with Crippen LogP contribution in [0.4, 0.5) is 5.95 Å². The minimum Gasteiger partial charge on any atom is -0.292 e. The Morgan fingerprint density at radius 2 is 1.79 bits per heavy atom. The van der Waals surface area contributed by atoms with Gasteiger partial charge >= 0.3 is 0 Å². The molecule has 11 heteroatoms. The van der Waals surface area contributed by atoms with Gasteiger partial charge in [-0.3, -0.25) is 5.43 Å². The lowest BCUT2D eigenvalue weighted by Gasteiger charge is -2.16. The normalized spacial score (nSPS) is 12.6. The number of sulfone groups is 1. The first kappa shape index (κ1) is 15.8. The van der Waals surface area contributed by atoms with Crippen molar-refractivity contribution < 1.29 is 16.8 Å². The third-order valence-electron chi connectivity index (χ3n) is 2.24. The summed E-state index contributed by atoms with van der Waals surface area (Å²) in [7, 11) is -5.76. The zero-order valence-electron chi connectivity index (χ0n) is 10.4. The van der Waals surface area contributed by atoms with E-state index in [9.17, 15) is 16.8 Å². The molecule has 1 aromatic rings. The molecule has 19 heavy (non-hydrogen) atoms. The van der Waals surface area contributed by atoms with Gasteiger partial charge in [0.25, 0.3) is 0 Å². The van der Waals surface area contributed by atoms with Crippen LogP contribution in [0.5, 0.6) is 0 Å². The van der Waals surface area contributed by atoms with Crippen LogP contribution in [-0.2, 0) is 19.9 Å². The van der Waals surface area contributed by atoms with Gasteiger partial charge in [0.2, 0.25) is 16.0 Å². The number of sulfonamides is 1. The SMILES string of the molecule is CN(CCS(C)(=O)=O)S(=O)(=O)c1cnc(NN)nc1. The van der Waals surface area contributed by atoms with Gasteiger partial charge in [-0.15, -0.1) is 0 Å². The number of aromatic nitrogens is 2. The summed E-state index contributed by atoms with van der Waals surface area (Å²) in [4.78, 5) is 7.23. The zero-order chi connectivity index (χ0) is 14.7. The molecule has 108 valence electrons. The number of hydrogen-bond donors (Lipinski definition) is 2. The maximum absolute atomic E-state index is 12.0. The van der Waals surface area contributed by atoms with E-state index in [-0.39, 0.29) is 23.1 Å². The quantitative estimate of drug-likeness (QED) is 0.475. The molecule has 0 atom stereocenters. The van der Waals surface area contributed by atoms with E-state index in [1.165, 1.54) is 7.05 Å². The van der Waals surface area contributed by atoms with Crippen molar-refractivity contribution in [1.29, 1.82) is 0 Å². The Kier molecular flexibility index (Phi) is 4.79. The summed E-state index contributed by atoms with van der Waals surface area (Å²) in [6, 6.07) is 0. The number of anilines is 1. The Bertz CT molecular complexity index is 626. The van der Waals surface area contributed by atoms with Crippen LogP contribution in [0.15, 0.2) is 17.3 Å². The summed E-state index contributed by atoms with van der Waals surface area (Å²) >= 11 is 0. The van der Waals surface area contributed by atoms with Crippen molar-refractivity contribution >= 4 is 25.8 Å². The molecule has 0 saturated carbocycles. The number of nitrogens with one attached hydrogen (secondary N) is 1. The van der Waals surface area contributed by atoms with E-state index >= 15 is 0 Å². The highest BCUT2D eigenvalue weighted by Crippen LogP contribution is 2.12. The molecule has 0 unspecified atom stereocenters. The van der Waals surface area contributed by atoms with Gasteiger partial charge in [0.15, 0.2) is 0 Å². The van der Waals surface area contributed by atoms with E-state index in [4.69, 9.17) is 5.84 Å². The lowest BCUT2D eigenvalue weighted by molar-refractivity contribution is 0.484. The maximum atomic E-state index is 12.0. The van der Waals surface area contributed by atoms with E-state index in [1.54, 1.807) is 0 Å². The molecule has 0 bridgehead atoms. The van der Waals surface area contributed by atoms with Crippen molar-refractivity contribution in [1.82, 2.24) is 14.3 Å². The predicted octanol–water partition coefficient (Wildman–Crippen LogP) is -1.57. The first-order chi connectivity index (χ1) is 8.66. The molecule has 0 amide bonds. The Morgan fingerprint density at radius 3 is 2.21 bits per heavy atom. The number of hydrazine groups is 1. The van der Waals surface area contributed by atoms with E-state index in [1.807, 2.05) is 0 Å². The van der Waals surface area contributed by atoms with Gasteiger partial charge in [0, 0.05) is 19.8 Å². The summed E-state index contributed by atoms with van der Waals surface area (Å²) in [5, 5.41) is 0.